The van der Waals surface area contributed by atoms with Gasteiger partial charge in [0, 0.05) is 4.88 Å². The highest BCUT2D eigenvalue weighted by Crippen LogP contribution is 2.23. The number of H-pyrrole nitrogens is 1. The molecular formula is C18H15N5OS. The Kier molecular flexibility index (Phi) is 4.14. The Balaban J connectivity index is 1.62. The molecule has 0 aliphatic heterocycles. The highest BCUT2D eigenvalue weighted by atomic mass is 32.1. The van der Waals surface area contributed by atoms with Crippen molar-refractivity contribution in [1.29, 1.82) is 0 Å². The number of aromatic nitrogens is 4. The van der Waals surface area contributed by atoms with Crippen LogP contribution in [-0.2, 0) is 6.61 Å². The van der Waals surface area contributed by atoms with Gasteiger partial charge in [-0.15, -0.1) is 11.3 Å². The smallest absolute Gasteiger partial charge is 0.245 e. The third kappa shape index (κ3) is 3.51. The van der Waals surface area contributed by atoms with Crippen LogP contribution in [-0.4, -0.2) is 19.9 Å². The number of rotatable bonds is 5. The van der Waals surface area contributed by atoms with Crippen molar-refractivity contribution in [1.82, 2.24) is 19.9 Å². The predicted molar refractivity (Wildman–Crippen MR) is 100 cm³/mol. The van der Waals surface area contributed by atoms with Crippen molar-refractivity contribution >= 4 is 40.6 Å². The molecule has 4 rings (SSSR count). The van der Waals surface area contributed by atoms with Crippen molar-refractivity contribution in [2.45, 2.75) is 6.61 Å². The van der Waals surface area contributed by atoms with Crippen LogP contribution in [0.1, 0.15) is 16.3 Å². The second-order valence-corrected chi connectivity index (χ2v) is 6.31. The molecule has 0 aliphatic rings. The fourth-order valence-electron chi connectivity index (χ4n) is 2.36. The molecule has 0 saturated heterocycles. The van der Waals surface area contributed by atoms with Gasteiger partial charge in [-0.05, 0) is 29.2 Å². The first-order valence-corrected chi connectivity index (χ1v) is 8.57. The molecule has 0 atom stereocenters. The van der Waals surface area contributed by atoms with E-state index in [-0.39, 0.29) is 5.95 Å². The number of imidazole rings is 1. The number of aromatic amines is 1. The summed E-state index contributed by atoms with van der Waals surface area (Å²) in [5, 5.41) is 2.03. The molecule has 6 nitrogen and oxygen atoms in total. The van der Waals surface area contributed by atoms with Crippen LogP contribution in [0.15, 0.2) is 47.8 Å². The topological polar surface area (TPSA) is 89.7 Å². The number of nitrogen functional groups attached to an aromatic ring is 1. The molecule has 25 heavy (non-hydrogen) atoms. The van der Waals surface area contributed by atoms with Crippen molar-refractivity contribution < 1.29 is 4.74 Å². The number of nitrogens with zero attached hydrogens (tertiary/aromatic N) is 3. The van der Waals surface area contributed by atoms with Gasteiger partial charge in [0.2, 0.25) is 11.8 Å². The molecule has 3 N–H and O–H groups in total. The average Bonchev–Trinajstić information content (AvgIpc) is 3.28. The average molecular weight is 349 g/mol. The normalized spacial score (nSPS) is 11.4. The molecule has 0 fully saturated rings. The largest absolute Gasteiger partial charge is 0.471 e. The molecule has 0 bridgehead atoms. The summed E-state index contributed by atoms with van der Waals surface area (Å²) in [6, 6.07) is 13.9. The second kappa shape index (κ2) is 6.74. The number of nitrogens with one attached hydrogen (secondary N) is 1. The van der Waals surface area contributed by atoms with Crippen LogP contribution in [0.3, 0.4) is 0 Å². The maximum absolute atomic E-state index is 5.83. The summed E-state index contributed by atoms with van der Waals surface area (Å²) < 4.78 is 5.83. The Hall–Kier alpha value is -3.19. The van der Waals surface area contributed by atoms with Gasteiger partial charge in [0.05, 0.1) is 0 Å². The number of nitrogens with two attached hydrogens (primary N) is 1. The number of anilines is 1. The molecule has 4 aromatic rings. The molecule has 0 unspecified atom stereocenters. The van der Waals surface area contributed by atoms with Crippen LogP contribution in [0.25, 0.3) is 23.3 Å². The number of benzene rings is 1. The third-order valence-corrected chi connectivity index (χ3v) is 4.36. The summed E-state index contributed by atoms with van der Waals surface area (Å²) in [6.07, 6.45) is 3.88. The Morgan fingerprint density at radius 2 is 1.92 bits per heavy atom. The first-order valence-electron chi connectivity index (χ1n) is 7.69. The van der Waals surface area contributed by atoms with E-state index in [1.54, 1.807) is 11.3 Å². The summed E-state index contributed by atoms with van der Waals surface area (Å²) in [6.45, 7) is 0.395. The maximum Gasteiger partial charge on any atom is 0.245 e. The van der Waals surface area contributed by atoms with Gasteiger partial charge in [-0.25, -0.2) is 4.98 Å². The molecule has 0 radical (unpaired) electrons. The van der Waals surface area contributed by atoms with Crippen LogP contribution in [0.2, 0.25) is 0 Å². The Bertz CT molecular complexity index is 1010. The van der Waals surface area contributed by atoms with E-state index in [1.807, 2.05) is 60.0 Å². The molecule has 3 aromatic heterocycles. The lowest BCUT2D eigenvalue weighted by molar-refractivity contribution is 0.297. The molecular weight excluding hydrogens is 334 g/mol. The molecule has 0 spiro atoms. The number of fused-ring (bicyclic) bond motifs is 1. The van der Waals surface area contributed by atoms with E-state index in [2.05, 4.69) is 19.9 Å². The SMILES string of the molecule is Nc1nc(OCc2ccccc2)c2[nH]c(/C=C/c3cccs3)nc2n1. The van der Waals surface area contributed by atoms with Gasteiger partial charge in [-0.2, -0.15) is 9.97 Å². The number of hydrogen-bond acceptors (Lipinski definition) is 6. The van der Waals surface area contributed by atoms with Gasteiger partial charge in [0.25, 0.3) is 0 Å². The zero-order chi connectivity index (χ0) is 17.1. The molecule has 0 aliphatic carbocycles. The Morgan fingerprint density at radius 1 is 1.04 bits per heavy atom. The third-order valence-electron chi connectivity index (χ3n) is 3.52. The highest BCUT2D eigenvalue weighted by Gasteiger charge is 2.12. The van der Waals surface area contributed by atoms with Crippen molar-refractivity contribution in [2.24, 2.45) is 0 Å². The van der Waals surface area contributed by atoms with Gasteiger partial charge in [-0.1, -0.05) is 36.4 Å². The van der Waals surface area contributed by atoms with E-state index in [0.717, 1.165) is 10.4 Å². The monoisotopic (exact) mass is 349 g/mol. The van der Waals surface area contributed by atoms with E-state index in [9.17, 15) is 0 Å². The highest BCUT2D eigenvalue weighted by molar-refractivity contribution is 7.10. The summed E-state index contributed by atoms with van der Waals surface area (Å²) in [4.78, 5) is 17.1. The first kappa shape index (κ1) is 15.3. The Morgan fingerprint density at radius 3 is 2.72 bits per heavy atom. The fraction of sp³-hybridized carbons (Fsp3) is 0.0556. The molecule has 0 saturated carbocycles. The van der Waals surface area contributed by atoms with Gasteiger partial charge >= 0.3 is 0 Å². The van der Waals surface area contributed by atoms with Gasteiger partial charge in [-0.3, -0.25) is 0 Å². The lowest BCUT2D eigenvalue weighted by atomic mass is 10.2. The number of hydrogen-bond donors (Lipinski definition) is 2. The molecule has 3 heterocycles. The van der Waals surface area contributed by atoms with Crippen molar-refractivity contribution in [3.63, 3.8) is 0 Å². The van der Waals surface area contributed by atoms with Gasteiger partial charge in [0.1, 0.15) is 17.9 Å². The predicted octanol–water partition coefficient (Wildman–Crippen LogP) is 3.75. The second-order valence-electron chi connectivity index (χ2n) is 5.33. The van der Waals surface area contributed by atoms with Crippen molar-refractivity contribution in [3.05, 3.63) is 64.1 Å². The van der Waals surface area contributed by atoms with Crippen LogP contribution in [0.5, 0.6) is 5.88 Å². The number of ether oxygens (including phenoxy) is 1. The minimum absolute atomic E-state index is 0.135. The summed E-state index contributed by atoms with van der Waals surface area (Å²) >= 11 is 1.66. The van der Waals surface area contributed by atoms with Crippen molar-refractivity contribution in [2.75, 3.05) is 5.73 Å². The van der Waals surface area contributed by atoms with Gasteiger partial charge < -0.3 is 15.5 Å². The number of thiophene rings is 1. The Labute approximate surface area is 148 Å². The van der Waals surface area contributed by atoms with Crippen LogP contribution in [0.4, 0.5) is 5.95 Å². The molecule has 7 heteroatoms. The minimum atomic E-state index is 0.135. The van der Waals surface area contributed by atoms with E-state index < -0.39 is 0 Å². The molecule has 0 amide bonds. The standard InChI is InChI=1S/C18H15N5OS/c19-18-22-16-15(17(23-18)24-11-12-5-2-1-3-6-12)20-14(21-16)9-8-13-7-4-10-25-13/h1-10H,11H2,(H3,19,20,21,22,23)/b9-8+. The lowest BCUT2D eigenvalue weighted by Gasteiger charge is -2.06. The fourth-order valence-corrected chi connectivity index (χ4v) is 2.98. The first-order chi connectivity index (χ1) is 12.3. The molecule has 1 aromatic carbocycles. The van der Waals surface area contributed by atoms with E-state index in [0.29, 0.717) is 29.5 Å². The van der Waals surface area contributed by atoms with Crippen molar-refractivity contribution in [3.8, 4) is 5.88 Å². The minimum Gasteiger partial charge on any atom is -0.471 e. The lowest BCUT2D eigenvalue weighted by Crippen LogP contribution is -2.02. The van der Waals surface area contributed by atoms with E-state index in [4.69, 9.17) is 10.5 Å². The van der Waals surface area contributed by atoms with Gasteiger partial charge in [0.15, 0.2) is 5.65 Å². The quantitative estimate of drug-likeness (QED) is 0.573. The van der Waals surface area contributed by atoms with Crippen LogP contribution in [0, 0.1) is 0 Å². The molecule has 124 valence electrons. The van der Waals surface area contributed by atoms with E-state index >= 15 is 0 Å². The van der Waals surface area contributed by atoms with Crippen LogP contribution >= 0.6 is 11.3 Å². The summed E-state index contributed by atoms with van der Waals surface area (Å²) in [7, 11) is 0. The van der Waals surface area contributed by atoms with Crippen LogP contribution < -0.4 is 10.5 Å². The summed E-state index contributed by atoms with van der Waals surface area (Å²) in [5.74, 6) is 1.21. The maximum atomic E-state index is 5.83. The zero-order valence-corrected chi connectivity index (χ0v) is 14.0. The zero-order valence-electron chi connectivity index (χ0n) is 13.2. The van der Waals surface area contributed by atoms with E-state index in [1.165, 1.54) is 0 Å². The summed E-state index contributed by atoms with van der Waals surface area (Å²) in [5.41, 5.74) is 7.95.